The topological polar surface area (TPSA) is 94.1 Å². The monoisotopic (exact) mass is 647 g/mol. The first-order valence-electron chi connectivity index (χ1n) is 5.72. The molecule has 0 radical (unpaired) electrons. The summed E-state index contributed by atoms with van der Waals surface area (Å²) < 4.78 is 16.6. The van der Waals surface area contributed by atoms with E-state index in [1.54, 1.807) is 0 Å². The standard InChI is InChI=1S/C12H12I3NO6/c1-20-5(21-2)3-16-10-7(13)6(12(18)19)8(14)11(9(10)15)22-4-17/h4-5,16H,3H2,1-2H3,(H,18,19). The molecule has 7 nitrogen and oxygen atoms in total. The largest absolute Gasteiger partial charge is 0.478 e. The number of aromatic carboxylic acids is 1. The third-order valence-corrected chi connectivity index (χ3v) is 5.77. The van der Waals surface area contributed by atoms with E-state index in [-0.39, 0.29) is 17.8 Å². The Morgan fingerprint density at radius 2 is 1.82 bits per heavy atom. The molecule has 1 aromatic carbocycles. The number of nitrogens with one attached hydrogen (secondary N) is 1. The van der Waals surface area contributed by atoms with E-state index in [0.29, 0.717) is 22.9 Å². The molecule has 0 bridgehead atoms. The number of halogens is 3. The van der Waals surface area contributed by atoms with Gasteiger partial charge in [0.25, 0.3) is 6.47 Å². The van der Waals surface area contributed by atoms with Crippen molar-refractivity contribution in [2.24, 2.45) is 0 Å². The number of carbonyl (C=O) groups is 2. The van der Waals surface area contributed by atoms with Gasteiger partial charge in [0.15, 0.2) is 12.0 Å². The van der Waals surface area contributed by atoms with Gasteiger partial charge in [0.1, 0.15) is 0 Å². The van der Waals surface area contributed by atoms with E-state index < -0.39 is 12.3 Å². The van der Waals surface area contributed by atoms with Gasteiger partial charge < -0.3 is 24.6 Å². The maximum absolute atomic E-state index is 11.5. The van der Waals surface area contributed by atoms with Crippen molar-refractivity contribution in [3.63, 3.8) is 0 Å². The Balaban J connectivity index is 3.36. The molecule has 0 aliphatic carbocycles. The minimum absolute atomic E-state index is 0.0762. The zero-order chi connectivity index (χ0) is 16.9. The lowest BCUT2D eigenvalue weighted by Gasteiger charge is -2.20. The molecular formula is C12H12I3NO6. The minimum atomic E-state index is -1.10. The summed E-state index contributed by atoms with van der Waals surface area (Å²) in [4.78, 5) is 22.2. The van der Waals surface area contributed by atoms with E-state index in [0.717, 1.165) is 0 Å². The lowest BCUT2D eigenvalue weighted by molar-refractivity contribution is -0.120. The number of carboxylic acids is 1. The summed E-state index contributed by atoms with van der Waals surface area (Å²) in [6.07, 6.45) is -0.491. The van der Waals surface area contributed by atoms with Gasteiger partial charge in [0.05, 0.1) is 28.5 Å². The summed E-state index contributed by atoms with van der Waals surface area (Å²) in [7, 11) is 3.01. The second-order valence-corrected chi connectivity index (χ2v) is 7.06. The average Bonchev–Trinajstić information content (AvgIpc) is 2.47. The lowest BCUT2D eigenvalue weighted by Crippen LogP contribution is -2.25. The number of hydrogen-bond donors (Lipinski definition) is 2. The van der Waals surface area contributed by atoms with Gasteiger partial charge in [0.2, 0.25) is 0 Å². The molecular weight excluding hydrogens is 635 g/mol. The van der Waals surface area contributed by atoms with E-state index in [1.807, 2.05) is 67.8 Å². The van der Waals surface area contributed by atoms with Crippen LogP contribution in [0.25, 0.3) is 0 Å². The Morgan fingerprint density at radius 3 is 2.27 bits per heavy atom. The van der Waals surface area contributed by atoms with E-state index >= 15 is 0 Å². The van der Waals surface area contributed by atoms with Crippen LogP contribution in [0.2, 0.25) is 0 Å². The molecule has 2 N–H and O–H groups in total. The molecule has 10 heteroatoms. The molecule has 0 aliphatic rings. The average molecular weight is 647 g/mol. The fourth-order valence-corrected chi connectivity index (χ4v) is 5.85. The number of ether oxygens (including phenoxy) is 3. The molecule has 1 aromatic rings. The van der Waals surface area contributed by atoms with Crippen LogP contribution < -0.4 is 10.1 Å². The Kier molecular flexibility index (Phi) is 8.58. The van der Waals surface area contributed by atoms with Crippen LogP contribution >= 0.6 is 67.8 Å². The number of methoxy groups -OCH3 is 2. The predicted octanol–water partition coefficient (Wildman–Crippen LogP) is 2.76. The molecule has 0 amide bonds. The van der Waals surface area contributed by atoms with Gasteiger partial charge in [-0.25, -0.2) is 4.79 Å². The third kappa shape index (κ3) is 4.55. The molecule has 0 aromatic heterocycles. The minimum Gasteiger partial charge on any atom is -0.478 e. The van der Waals surface area contributed by atoms with Crippen molar-refractivity contribution in [1.82, 2.24) is 0 Å². The van der Waals surface area contributed by atoms with E-state index in [1.165, 1.54) is 14.2 Å². The number of rotatable bonds is 8. The normalized spacial score (nSPS) is 10.6. The number of hydrogen-bond acceptors (Lipinski definition) is 6. The number of anilines is 1. The third-order valence-electron chi connectivity index (χ3n) is 2.63. The van der Waals surface area contributed by atoms with Crippen LogP contribution in [0.1, 0.15) is 10.4 Å². The zero-order valence-electron chi connectivity index (χ0n) is 11.5. The van der Waals surface area contributed by atoms with Gasteiger partial charge in [-0.3, -0.25) is 4.79 Å². The van der Waals surface area contributed by atoms with Gasteiger partial charge in [0, 0.05) is 14.2 Å². The number of benzene rings is 1. The second kappa shape index (κ2) is 9.39. The van der Waals surface area contributed by atoms with Gasteiger partial charge in [-0.1, -0.05) is 0 Å². The quantitative estimate of drug-likeness (QED) is 0.255. The van der Waals surface area contributed by atoms with Crippen molar-refractivity contribution < 1.29 is 28.9 Å². The zero-order valence-corrected chi connectivity index (χ0v) is 18.0. The maximum Gasteiger partial charge on any atom is 0.338 e. The Bertz CT molecular complexity index is 577. The second-order valence-electron chi connectivity index (χ2n) is 3.82. The van der Waals surface area contributed by atoms with Gasteiger partial charge in [-0.05, 0) is 67.8 Å². The van der Waals surface area contributed by atoms with Crippen molar-refractivity contribution in [1.29, 1.82) is 0 Å². The summed E-state index contributed by atoms with van der Waals surface area (Å²) in [5, 5.41) is 12.5. The van der Waals surface area contributed by atoms with Gasteiger partial charge >= 0.3 is 5.97 Å². The molecule has 0 spiro atoms. The molecule has 0 aliphatic heterocycles. The van der Waals surface area contributed by atoms with E-state index in [2.05, 4.69) is 5.32 Å². The number of carboxylic acid groups (broad SMARTS) is 1. The highest BCUT2D eigenvalue weighted by Gasteiger charge is 2.25. The maximum atomic E-state index is 11.5. The fraction of sp³-hybridized carbons (Fsp3) is 0.333. The van der Waals surface area contributed by atoms with Crippen LogP contribution in [0.3, 0.4) is 0 Å². The molecule has 0 fully saturated rings. The summed E-state index contributed by atoms with van der Waals surface area (Å²) in [5.74, 6) is -0.887. The van der Waals surface area contributed by atoms with Crippen LogP contribution in [0, 0.1) is 10.7 Å². The summed E-state index contributed by atoms with van der Waals surface area (Å²) in [6, 6.07) is 0. The van der Waals surface area contributed by atoms with Crippen molar-refractivity contribution in [2.75, 3.05) is 26.1 Å². The first-order chi connectivity index (χ1) is 10.4. The van der Waals surface area contributed by atoms with Crippen molar-refractivity contribution in [3.05, 3.63) is 16.3 Å². The van der Waals surface area contributed by atoms with Crippen LogP contribution in [0.4, 0.5) is 5.69 Å². The molecule has 122 valence electrons. The Hall–Kier alpha value is 0.0700. The lowest BCUT2D eigenvalue weighted by atomic mass is 10.2. The molecule has 22 heavy (non-hydrogen) atoms. The van der Waals surface area contributed by atoms with E-state index in [9.17, 15) is 14.7 Å². The van der Waals surface area contributed by atoms with Crippen molar-refractivity contribution in [3.8, 4) is 5.75 Å². The van der Waals surface area contributed by atoms with E-state index in [4.69, 9.17) is 14.2 Å². The smallest absolute Gasteiger partial charge is 0.338 e. The first-order valence-corrected chi connectivity index (χ1v) is 8.96. The number of carbonyl (C=O) groups excluding carboxylic acids is 1. The first kappa shape index (κ1) is 20.1. The van der Waals surface area contributed by atoms with Crippen LogP contribution in [0.15, 0.2) is 0 Å². The molecule has 0 heterocycles. The fourth-order valence-electron chi connectivity index (χ4n) is 1.58. The SMILES string of the molecule is COC(CNc1c(I)c(OC=O)c(I)c(C(=O)O)c1I)OC. The Morgan fingerprint density at radius 1 is 1.23 bits per heavy atom. The molecule has 0 saturated heterocycles. The van der Waals surface area contributed by atoms with Gasteiger partial charge in [-0.2, -0.15) is 0 Å². The summed E-state index contributed by atoms with van der Waals surface area (Å²) in [5.41, 5.74) is 0.627. The molecule has 0 saturated carbocycles. The van der Waals surface area contributed by atoms with Crippen LogP contribution in [0.5, 0.6) is 5.75 Å². The van der Waals surface area contributed by atoms with Gasteiger partial charge in [-0.15, -0.1) is 0 Å². The molecule has 1 rings (SSSR count). The summed E-state index contributed by atoms with van der Waals surface area (Å²) >= 11 is 5.79. The van der Waals surface area contributed by atoms with Crippen molar-refractivity contribution in [2.45, 2.75) is 6.29 Å². The highest BCUT2D eigenvalue weighted by Crippen LogP contribution is 2.40. The van der Waals surface area contributed by atoms with Crippen molar-refractivity contribution >= 4 is 85.9 Å². The molecule has 0 unspecified atom stereocenters. The van der Waals surface area contributed by atoms with Crippen LogP contribution in [-0.4, -0.2) is 44.6 Å². The predicted molar refractivity (Wildman–Crippen MR) is 105 cm³/mol. The van der Waals surface area contributed by atoms with Crippen LogP contribution in [-0.2, 0) is 14.3 Å². The summed E-state index contributed by atoms with van der Waals surface area (Å²) in [6.45, 7) is 0.578. The Labute approximate surface area is 167 Å². The highest BCUT2D eigenvalue weighted by atomic mass is 127. The highest BCUT2D eigenvalue weighted by molar-refractivity contribution is 14.1. The molecule has 0 atom stereocenters.